The van der Waals surface area contributed by atoms with Crippen LogP contribution in [0.4, 0.5) is 0 Å². The molecule has 0 heterocycles. The fraction of sp³-hybridized carbons (Fsp3) is 0.909. The van der Waals surface area contributed by atoms with Crippen molar-refractivity contribution >= 4 is 5.71 Å². The number of hydrogen-bond donors (Lipinski definition) is 1. The molecular weight excluding hydrogens is 251 g/mol. The van der Waals surface area contributed by atoms with Gasteiger partial charge in [-0.15, -0.1) is 0 Å². The minimum atomic E-state index is -0.718. The molecule has 0 fully saturated rings. The van der Waals surface area contributed by atoms with Gasteiger partial charge >= 0.3 is 0 Å². The Morgan fingerprint density at radius 1 is 1.29 bits per heavy atom. The van der Waals surface area contributed by atoms with Gasteiger partial charge in [-0.05, 0) is 33.1 Å². The van der Waals surface area contributed by atoms with Crippen LogP contribution in [0, 0.1) is 5.92 Å². The maximum atomic E-state index is 10.3. The van der Waals surface area contributed by atoms with Crippen LogP contribution in [0.5, 0.6) is 0 Å². The molecule has 1 unspecified atom stereocenters. The van der Waals surface area contributed by atoms with Crippen LogP contribution >= 0.6 is 0 Å². The summed E-state index contributed by atoms with van der Waals surface area (Å²) in [5, 5.41) is 10.3. The van der Waals surface area contributed by atoms with Crippen LogP contribution < -0.4 is 0 Å². The predicted octanol–water partition coefficient (Wildman–Crippen LogP) is 2.65. The number of hydrogen-bond acceptors (Lipinski definition) is 2. The molecule has 0 aromatic carbocycles. The number of aliphatic hydroxyl groups is 1. The first-order valence-corrected chi connectivity index (χ1v) is 5.11. The summed E-state index contributed by atoms with van der Waals surface area (Å²) in [6, 6.07) is 0.261. The first-order chi connectivity index (χ1) is 5.84. The van der Waals surface area contributed by atoms with Crippen molar-refractivity contribution in [3.63, 3.8) is 0 Å². The fourth-order valence-corrected chi connectivity index (χ4v) is 1.58. The summed E-state index contributed by atoms with van der Waals surface area (Å²) >= 11 is 0. The predicted molar refractivity (Wildman–Crippen MR) is 58.3 cm³/mol. The molecule has 1 atom stereocenters. The van der Waals surface area contributed by atoms with Crippen molar-refractivity contribution in [1.82, 2.24) is 0 Å². The zero-order valence-corrected chi connectivity index (χ0v) is 13.2. The van der Waals surface area contributed by atoms with Crippen LogP contribution in [0.1, 0.15) is 48.0 Å². The molecule has 0 aromatic heterocycles. The largest absolute Gasteiger partial charge is 0.384 e. The van der Waals surface area contributed by atoms with Crippen LogP contribution in [-0.4, -0.2) is 22.5 Å². The Balaban J connectivity index is 0. The van der Waals surface area contributed by atoms with E-state index in [4.69, 9.17) is 0 Å². The normalized spacial score (nSPS) is 16.8. The van der Waals surface area contributed by atoms with Crippen molar-refractivity contribution in [3.8, 4) is 0 Å². The molecule has 0 aliphatic rings. The van der Waals surface area contributed by atoms with Crippen molar-refractivity contribution in [2.24, 2.45) is 10.9 Å². The minimum absolute atomic E-state index is 0. The van der Waals surface area contributed by atoms with Gasteiger partial charge in [-0.25, -0.2) is 0 Å². The van der Waals surface area contributed by atoms with E-state index >= 15 is 0 Å². The molecule has 0 saturated carbocycles. The summed E-state index contributed by atoms with van der Waals surface area (Å²) in [4.78, 5) is 4.41. The summed E-state index contributed by atoms with van der Waals surface area (Å²) in [7, 11) is 0. The Hall–Kier alpha value is 0.734. The Kier molecular flexibility index (Phi) is 8.67. The van der Waals surface area contributed by atoms with E-state index in [1.54, 1.807) is 0 Å². The van der Waals surface area contributed by atoms with Crippen molar-refractivity contribution in [1.29, 1.82) is 0 Å². The second kappa shape index (κ2) is 7.08. The van der Waals surface area contributed by atoms with Crippen molar-refractivity contribution < 1.29 is 37.8 Å². The van der Waals surface area contributed by atoms with E-state index in [-0.39, 0.29) is 44.7 Å². The van der Waals surface area contributed by atoms with E-state index in [1.165, 1.54) is 0 Å². The minimum Gasteiger partial charge on any atom is -0.384 e. The zero-order chi connectivity index (χ0) is 10.6. The van der Waals surface area contributed by atoms with Crippen LogP contribution in [0.3, 0.4) is 0 Å². The maximum Gasteiger partial charge on any atom is 0.104 e. The van der Waals surface area contributed by atoms with Crippen LogP contribution in [-0.2, 0) is 32.7 Å². The van der Waals surface area contributed by atoms with Gasteiger partial charge in [0.2, 0.25) is 0 Å². The average Bonchev–Trinajstić information content (AvgIpc) is 2.01. The first-order valence-electron chi connectivity index (χ1n) is 5.11. The average molecular weight is 274 g/mol. The Morgan fingerprint density at radius 3 is 1.93 bits per heavy atom. The molecule has 0 amide bonds. The molecular formula is C11H23NOY. The van der Waals surface area contributed by atoms with Gasteiger partial charge in [0.15, 0.2) is 0 Å². The van der Waals surface area contributed by atoms with Crippen molar-refractivity contribution in [2.75, 3.05) is 0 Å². The molecule has 1 N–H and O–H groups in total. The Morgan fingerprint density at radius 2 is 1.71 bits per heavy atom. The third-order valence-electron chi connectivity index (χ3n) is 2.57. The zero-order valence-electron chi connectivity index (χ0n) is 10.3. The Labute approximate surface area is 113 Å². The first kappa shape index (κ1) is 17.1. The van der Waals surface area contributed by atoms with Gasteiger partial charge < -0.3 is 5.11 Å². The molecule has 0 aliphatic heterocycles. The summed E-state index contributed by atoms with van der Waals surface area (Å²) in [6.45, 7) is 12.0. The van der Waals surface area contributed by atoms with E-state index in [9.17, 15) is 5.11 Å². The fourth-order valence-electron chi connectivity index (χ4n) is 1.58. The second-order valence-corrected chi connectivity index (χ2v) is 4.24. The molecule has 0 aromatic rings. The molecule has 14 heavy (non-hydrogen) atoms. The van der Waals surface area contributed by atoms with Crippen molar-refractivity contribution in [2.45, 2.75) is 59.6 Å². The van der Waals surface area contributed by atoms with Crippen LogP contribution in [0.25, 0.3) is 0 Å². The third kappa shape index (κ3) is 4.50. The van der Waals surface area contributed by atoms with E-state index < -0.39 is 5.60 Å². The molecule has 81 valence electrons. The van der Waals surface area contributed by atoms with Crippen molar-refractivity contribution in [3.05, 3.63) is 0 Å². The summed E-state index contributed by atoms with van der Waals surface area (Å²) in [5.74, 6) is 0.222. The smallest absolute Gasteiger partial charge is 0.104 e. The molecule has 2 nitrogen and oxygen atoms in total. The van der Waals surface area contributed by atoms with Gasteiger partial charge in [0.1, 0.15) is 5.60 Å². The number of rotatable bonds is 4. The van der Waals surface area contributed by atoms with Gasteiger partial charge in [-0.3, -0.25) is 4.99 Å². The topological polar surface area (TPSA) is 32.6 Å². The number of aliphatic imine (C=N–C) groups is 1. The van der Waals surface area contributed by atoms with Crippen LogP contribution in [0.2, 0.25) is 0 Å². The van der Waals surface area contributed by atoms with E-state index in [2.05, 4.69) is 4.99 Å². The van der Waals surface area contributed by atoms with Gasteiger partial charge in [0, 0.05) is 44.5 Å². The van der Waals surface area contributed by atoms with E-state index in [0.29, 0.717) is 0 Å². The monoisotopic (exact) mass is 274 g/mol. The van der Waals surface area contributed by atoms with Gasteiger partial charge in [-0.1, -0.05) is 20.8 Å². The Bertz CT molecular complexity index is 190. The quantitative estimate of drug-likeness (QED) is 0.785. The molecule has 0 spiro atoms. The molecule has 0 saturated heterocycles. The third-order valence-corrected chi connectivity index (χ3v) is 2.57. The standard InChI is InChI=1S/C11H23NO.Y/c1-7-11(13,8(2)3)10(6)12-9(4)5;/h8-9,13H,7H2,1-6H3;. The summed E-state index contributed by atoms with van der Waals surface area (Å²) < 4.78 is 0. The molecule has 0 rings (SSSR count). The van der Waals surface area contributed by atoms with Gasteiger partial charge in [0.25, 0.3) is 0 Å². The molecule has 0 bridgehead atoms. The molecule has 0 aliphatic carbocycles. The summed E-state index contributed by atoms with van der Waals surface area (Å²) in [6.07, 6.45) is 0.729. The van der Waals surface area contributed by atoms with Gasteiger partial charge in [0.05, 0.1) is 0 Å². The van der Waals surface area contributed by atoms with Gasteiger partial charge in [-0.2, -0.15) is 0 Å². The van der Waals surface area contributed by atoms with E-state index in [0.717, 1.165) is 12.1 Å². The second-order valence-electron chi connectivity index (χ2n) is 4.24. The number of nitrogens with zero attached hydrogens (tertiary/aromatic N) is 1. The van der Waals surface area contributed by atoms with Crippen LogP contribution in [0.15, 0.2) is 4.99 Å². The SMILES string of the molecule is CCC(O)(C(C)=NC(C)C)C(C)C.[Y]. The molecule has 1 radical (unpaired) electrons. The van der Waals surface area contributed by atoms with E-state index in [1.807, 2.05) is 41.5 Å². The maximum absolute atomic E-state index is 10.3. The summed E-state index contributed by atoms with van der Waals surface area (Å²) in [5.41, 5.74) is 0.143. The molecule has 3 heteroatoms.